The molecule has 5 nitrogen and oxygen atoms in total. The van der Waals surface area contributed by atoms with E-state index in [2.05, 4.69) is 134 Å². The molecule has 0 bridgehead atoms. The number of ether oxygens (including phenoxy) is 1. The number of hydrogen-bond acceptors (Lipinski definition) is 3. The number of benzene rings is 4. The molecule has 0 spiro atoms. The van der Waals surface area contributed by atoms with Crippen LogP contribution in [0.3, 0.4) is 0 Å². The molecule has 4 aromatic carbocycles. The van der Waals surface area contributed by atoms with E-state index in [0.29, 0.717) is 29.3 Å². The third-order valence-electron chi connectivity index (χ3n) is 10.7. The van der Waals surface area contributed by atoms with Crippen LogP contribution in [0.4, 0.5) is 0 Å². The number of fused-ring (bicyclic) bond motifs is 3. The third kappa shape index (κ3) is 9.00. The third-order valence-corrected chi connectivity index (χ3v) is 10.7. The standard InChI is InChI=1S/C51H58N4O.Pt/c1-10-15-43-45(25-33(3)4)47(27-35(7)8)46(26-34(5)6)44(16-11-2)51(43)37-31-53-54(32-37)38-17-14-18-39(29-38)56-40-21-22-42-41-19-12-13-20-48(41)55(49(42)30-40)50-28-36(9)23-24-52-50;/h12-14,17-24,28,31-35H,10-11,15-16,25-27H2,1-9H3;/q-2;+2. The largest absolute Gasteiger partial charge is 2.00 e. The summed E-state index contributed by atoms with van der Waals surface area (Å²) in [5.41, 5.74) is 14.5. The van der Waals surface area contributed by atoms with Crippen LogP contribution in [0.1, 0.15) is 102 Å². The van der Waals surface area contributed by atoms with Crippen LogP contribution in [0, 0.1) is 36.8 Å². The summed E-state index contributed by atoms with van der Waals surface area (Å²) in [6.45, 7) is 21.0. The molecule has 0 aliphatic rings. The Bertz CT molecular complexity index is 2430. The molecule has 298 valence electrons. The Labute approximate surface area is 355 Å². The molecule has 0 amide bonds. The first-order valence-electron chi connectivity index (χ1n) is 20.9. The fourth-order valence-corrected chi connectivity index (χ4v) is 8.54. The van der Waals surface area contributed by atoms with Gasteiger partial charge in [-0.25, -0.2) is 4.98 Å². The maximum absolute atomic E-state index is 6.52. The Morgan fingerprint density at radius 2 is 1.32 bits per heavy atom. The predicted octanol–water partition coefficient (Wildman–Crippen LogP) is 13.2. The minimum absolute atomic E-state index is 0. The second-order valence-electron chi connectivity index (χ2n) is 16.9. The molecule has 0 aliphatic heterocycles. The summed E-state index contributed by atoms with van der Waals surface area (Å²) in [6.07, 6.45) is 13.9. The maximum atomic E-state index is 6.52. The van der Waals surface area contributed by atoms with Crippen molar-refractivity contribution in [2.75, 3.05) is 0 Å². The van der Waals surface area contributed by atoms with Crippen molar-refractivity contribution in [3.63, 3.8) is 0 Å². The number of aromatic nitrogens is 4. The topological polar surface area (TPSA) is 44.9 Å². The van der Waals surface area contributed by atoms with Gasteiger partial charge in [0, 0.05) is 35.0 Å². The van der Waals surface area contributed by atoms with Gasteiger partial charge in [-0.3, -0.25) is 4.68 Å². The summed E-state index contributed by atoms with van der Waals surface area (Å²) < 4.78 is 10.7. The summed E-state index contributed by atoms with van der Waals surface area (Å²) in [5, 5.41) is 7.26. The average Bonchev–Trinajstić information content (AvgIpc) is 3.77. The van der Waals surface area contributed by atoms with Gasteiger partial charge in [0.15, 0.2) is 0 Å². The van der Waals surface area contributed by atoms with E-state index in [1.807, 2.05) is 35.1 Å². The van der Waals surface area contributed by atoms with Gasteiger partial charge in [0.25, 0.3) is 0 Å². The zero-order valence-corrected chi connectivity index (χ0v) is 37.6. The van der Waals surface area contributed by atoms with Gasteiger partial charge < -0.3 is 9.30 Å². The maximum Gasteiger partial charge on any atom is 2.00 e. The molecule has 0 aliphatic carbocycles. The Morgan fingerprint density at radius 1 is 0.684 bits per heavy atom. The first kappa shape index (κ1) is 42.1. The molecule has 0 unspecified atom stereocenters. The fourth-order valence-electron chi connectivity index (χ4n) is 8.54. The molecule has 0 N–H and O–H groups in total. The van der Waals surface area contributed by atoms with Crippen LogP contribution in [-0.2, 0) is 53.2 Å². The molecule has 3 aromatic heterocycles. The smallest absolute Gasteiger partial charge is 0.509 e. The van der Waals surface area contributed by atoms with Gasteiger partial charge in [0.05, 0.1) is 6.20 Å². The molecule has 0 saturated heterocycles. The van der Waals surface area contributed by atoms with Crippen LogP contribution in [0.2, 0.25) is 0 Å². The summed E-state index contributed by atoms with van der Waals surface area (Å²) >= 11 is 0. The molecule has 3 heterocycles. The van der Waals surface area contributed by atoms with Gasteiger partial charge in [-0.15, -0.1) is 35.7 Å². The number of rotatable bonds is 15. The molecule has 7 rings (SSSR count). The molecule has 0 atom stereocenters. The predicted molar refractivity (Wildman–Crippen MR) is 234 cm³/mol. The molecule has 7 aromatic rings. The van der Waals surface area contributed by atoms with Crippen LogP contribution in [0.25, 0.3) is 44.4 Å². The molecule has 57 heavy (non-hydrogen) atoms. The minimum Gasteiger partial charge on any atom is -0.509 e. The second kappa shape index (κ2) is 18.4. The van der Waals surface area contributed by atoms with Crippen molar-refractivity contribution >= 4 is 21.8 Å². The SMILES string of the molecule is CCCc1c(CC(C)C)c(CC(C)C)c(CC(C)C)c(CCC)c1-c1cnn(-c2[c-]c(Oc3[c-]c4c(cc3)c3ccccc3n4-c3cc(C)ccn3)ccc2)c1.[Pt+2]. The van der Waals surface area contributed by atoms with Crippen molar-refractivity contribution in [2.45, 2.75) is 107 Å². The quantitative estimate of drug-likeness (QED) is 0.0962. The fraction of sp³-hybridized carbons (Fsp3) is 0.373. The Kier molecular flexibility index (Phi) is 13.6. The van der Waals surface area contributed by atoms with Gasteiger partial charge in [0.1, 0.15) is 5.82 Å². The Hall–Kier alpha value is -4.47. The monoisotopic (exact) mass is 937 g/mol. The average molecular weight is 938 g/mol. The van der Waals surface area contributed by atoms with Crippen molar-refractivity contribution < 1.29 is 25.8 Å². The van der Waals surface area contributed by atoms with E-state index in [1.54, 1.807) is 16.7 Å². The number of pyridine rings is 1. The number of nitrogens with zero attached hydrogens (tertiary/aromatic N) is 4. The van der Waals surface area contributed by atoms with Crippen molar-refractivity contribution in [1.82, 2.24) is 19.3 Å². The molecule has 6 heteroatoms. The summed E-state index contributed by atoms with van der Waals surface area (Å²) in [7, 11) is 0. The van der Waals surface area contributed by atoms with Gasteiger partial charge >= 0.3 is 21.1 Å². The normalized spacial score (nSPS) is 11.7. The summed E-state index contributed by atoms with van der Waals surface area (Å²) in [5.74, 6) is 3.85. The van der Waals surface area contributed by atoms with Crippen LogP contribution in [0.5, 0.6) is 11.5 Å². The van der Waals surface area contributed by atoms with E-state index >= 15 is 0 Å². The first-order valence-corrected chi connectivity index (χ1v) is 20.9. The van der Waals surface area contributed by atoms with Gasteiger partial charge in [-0.2, -0.15) is 17.2 Å². The first-order chi connectivity index (χ1) is 27.1. The van der Waals surface area contributed by atoms with E-state index in [4.69, 9.17) is 14.8 Å². The van der Waals surface area contributed by atoms with Crippen molar-refractivity contribution in [3.05, 3.63) is 131 Å². The molecular formula is C51H58N4OPt. The van der Waals surface area contributed by atoms with E-state index in [-0.39, 0.29) is 21.1 Å². The minimum atomic E-state index is 0. The second-order valence-corrected chi connectivity index (χ2v) is 16.9. The van der Waals surface area contributed by atoms with Crippen molar-refractivity contribution in [2.24, 2.45) is 17.8 Å². The number of aryl methyl sites for hydroxylation is 1. The van der Waals surface area contributed by atoms with E-state index in [0.717, 1.165) is 83.8 Å². The van der Waals surface area contributed by atoms with Crippen LogP contribution in [-0.4, -0.2) is 19.3 Å². The van der Waals surface area contributed by atoms with Gasteiger partial charge in [0.2, 0.25) is 0 Å². The van der Waals surface area contributed by atoms with Crippen molar-refractivity contribution in [1.29, 1.82) is 0 Å². The van der Waals surface area contributed by atoms with Crippen molar-refractivity contribution in [3.8, 4) is 34.1 Å². The van der Waals surface area contributed by atoms with Crippen LogP contribution >= 0.6 is 0 Å². The molecular weight excluding hydrogens is 880 g/mol. The van der Waals surface area contributed by atoms with E-state index in [1.165, 1.54) is 22.3 Å². The zero-order valence-electron chi connectivity index (χ0n) is 35.3. The molecule has 0 saturated carbocycles. The van der Waals surface area contributed by atoms with E-state index < -0.39 is 0 Å². The molecule has 0 radical (unpaired) electrons. The van der Waals surface area contributed by atoms with Crippen LogP contribution < -0.4 is 4.74 Å². The van der Waals surface area contributed by atoms with E-state index in [9.17, 15) is 0 Å². The van der Waals surface area contributed by atoms with Crippen LogP contribution in [0.15, 0.2) is 85.3 Å². The summed E-state index contributed by atoms with van der Waals surface area (Å²) in [6, 6.07) is 29.8. The molecule has 0 fully saturated rings. The zero-order chi connectivity index (χ0) is 39.5. The van der Waals surface area contributed by atoms with Gasteiger partial charge in [-0.1, -0.05) is 91.9 Å². The number of hydrogen-bond donors (Lipinski definition) is 0. The Morgan fingerprint density at radius 3 is 1.95 bits per heavy atom. The van der Waals surface area contributed by atoms with Gasteiger partial charge in [-0.05, 0) is 125 Å². The number of para-hydroxylation sites is 1. The summed E-state index contributed by atoms with van der Waals surface area (Å²) in [4.78, 5) is 4.73. The Balaban J connectivity index is 0.00000549.